The summed E-state index contributed by atoms with van der Waals surface area (Å²) < 4.78 is 0. The number of pyridine rings is 1. The van der Waals surface area contributed by atoms with E-state index in [1.54, 1.807) is 0 Å². The molecule has 1 aliphatic heterocycles. The molecule has 0 spiro atoms. The molecule has 0 fully saturated rings. The van der Waals surface area contributed by atoms with Gasteiger partial charge in [-0.1, -0.05) is 35.9 Å². The Balaban J connectivity index is 1.76. The Morgan fingerprint density at radius 1 is 1.09 bits per heavy atom. The average Bonchev–Trinajstić information content (AvgIpc) is 2.55. The lowest BCUT2D eigenvalue weighted by molar-refractivity contribution is 0.692. The van der Waals surface area contributed by atoms with Gasteiger partial charge < -0.3 is 4.90 Å². The minimum atomic E-state index is 0.779. The van der Waals surface area contributed by atoms with E-state index in [4.69, 9.17) is 11.6 Å². The Kier molecular flexibility index (Phi) is 3.47. The van der Waals surface area contributed by atoms with Gasteiger partial charge in [-0.2, -0.15) is 0 Å². The van der Waals surface area contributed by atoms with Gasteiger partial charge in [-0.3, -0.25) is 4.98 Å². The van der Waals surface area contributed by atoms with Crippen LogP contribution < -0.4 is 4.90 Å². The molecule has 2 nitrogen and oxygen atoms in total. The Labute approximate surface area is 135 Å². The first-order valence-electron chi connectivity index (χ1n) is 7.67. The van der Waals surface area contributed by atoms with Crippen LogP contribution in [0.1, 0.15) is 17.5 Å². The lowest BCUT2D eigenvalue weighted by atomic mass is 10.0. The number of fused-ring (bicyclic) bond motifs is 2. The molecule has 0 amide bonds. The predicted octanol–water partition coefficient (Wildman–Crippen LogP) is 4.84. The van der Waals surface area contributed by atoms with Gasteiger partial charge in [0.15, 0.2) is 0 Å². The maximum absolute atomic E-state index is 6.30. The second-order valence-corrected chi connectivity index (χ2v) is 6.23. The van der Waals surface area contributed by atoms with E-state index >= 15 is 0 Å². The Morgan fingerprint density at radius 2 is 2.00 bits per heavy atom. The first-order chi connectivity index (χ1) is 10.8. The number of halogens is 1. The second kappa shape index (κ2) is 5.62. The first kappa shape index (κ1) is 13.6. The molecule has 4 rings (SSSR count). The maximum Gasteiger partial charge on any atom is 0.0752 e. The van der Waals surface area contributed by atoms with Crippen LogP contribution in [-0.4, -0.2) is 11.5 Å². The number of anilines is 1. The van der Waals surface area contributed by atoms with Gasteiger partial charge >= 0.3 is 0 Å². The van der Waals surface area contributed by atoms with Crippen molar-refractivity contribution in [3.8, 4) is 0 Å². The van der Waals surface area contributed by atoms with Crippen LogP contribution >= 0.6 is 11.6 Å². The molecule has 0 aliphatic carbocycles. The number of para-hydroxylation sites is 1. The van der Waals surface area contributed by atoms with Gasteiger partial charge in [-0.05, 0) is 48.2 Å². The number of hydrogen-bond acceptors (Lipinski definition) is 2. The third-order valence-corrected chi connectivity index (χ3v) is 4.53. The Hall–Kier alpha value is -2.06. The van der Waals surface area contributed by atoms with Gasteiger partial charge in [0.1, 0.15) is 0 Å². The molecule has 0 unspecified atom stereocenters. The van der Waals surface area contributed by atoms with Crippen molar-refractivity contribution in [1.82, 2.24) is 4.98 Å². The van der Waals surface area contributed by atoms with Crippen LogP contribution in [0.25, 0.3) is 10.9 Å². The monoisotopic (exact) mass is 308 g/mol. The van der Waals surface area contributed by atoms with Crippen LogP contribution in [0.15, 0.2) is 54.7 Å². The largest absolute Gasteiger partial charge is 0.367 e. The first-order valence-corrected chi connectivity index (χ1v) is 8.05. The summed E-state index contributed by atoms with van der Waals surface area (Å²) in [4.78, 5) is 7.00. The highest BCUT2D eigenvalue weighted by atomic mass is 35.5. The third kappa shape index (κ3) is 2.44. The number of aromatic nitrogens is 1. The molecule has 0 bridgehead atoms. The fourth-order valence-corrected chi connectivity index (χ4v) is 3.58. The fraction of sp³-hybridized carbons (Fsp3) is 0.211. The molecule has 1 aliphatic rings. The molecule has 0 saturated carbocycles. The van der Waals surface area contributed by atoms with Gasteiger partial charge in [-0.15, -0.1) is 0 Å². The maximum atomic E-state index is 6.30. The van der Waals surface area contributed by atoms with E-state index in [0.29, 0.717) is 0 Å². The molecule has 0 atom stereocenters. The molecule has 3 aromatic rings. The molecule has 1 aromatic heterocycles. The van der Waals surface area contributed by atoms with Crippen molar-refractivity contribution in [2.75, 3.05) is 11.4 Å². The van der Waals surface area contributed by atoms with Crippen molar-refractivity contribution in [2.24, 2.45) is 0 Å². The summed E-state index contributed by atoms with van der Waals surface area (Å²) in [6.45, 7) is 1.93. The van der Waals surface area contributed by atoms with Crippen LogP contribution in [0.3, 0.4) is 0 Å². The summed E-state index contributed by atoms with van der Waals surface area (Å²) >= 11 is 6.30. The molecular weight excluding hydrogens is 292 g/mol. The summed E-state index contributed by atoms with van der Waals surface area (Å²) in [5.41, 5.74) is 5.03. The van der Waals surface area contributed by atoms with Crippen molar-refractivity contribution in [3.63, 3.8) is 0 Å². The molecule has 110 valence electrons. The minimum Gasteiger partial charge on any atom is -0.367 e. The molecule has 22 heavy (non-hydrogen) atoms. The summed E-state index contributed by atoms with van der Waals surface area (Å²) in [7, 11) is 0. The molecule has 0 radical (unpaired) electrons. The number of nitrogens with zero attached hydrogens (tertiary/aromatic N) is 2. The highest BCUT2D eigenvalue weighted by Gasteiger charge is 2.17. The van der Waals surface area contributed by atoms with E-state index in [9.17, 15) is 0 Å². The second-order valence-electron chi connectivity index (χ2n) is 5.79. The van der Waals surface area contributed by atoms with E-state index in [2.05, 4.69) is 40.2 Å². The van der Waals surface area contributed by atoms with Crippen LogP contribution in [0.2, 0.25) is 5.02 Å². The van der Waals surface area contributed by atoms with Gasteiger partial charge in [0.25, 0.3) is 0 Å². The molecular formula is C19H17ClN2. The molecule has 2 aromatic carbocycles. The SMILES string of the molecule is Clc1cc(CN2CCCc3ccccc32)c2ncccc2c1. The van der Waals surface area contributed by atoms with Crippen LogP contribution in [0.5, 0.6) is 0 Å². The smallest absolute Gasteiger partial charge is 0.0752 e. The van der Waals surface area contributed by atoms with E-state index < -0.39 is 0 Å². The highest BCUT2D eigenvalue weighted by Crippen LogP contribution is 2.30. The number of aryl methyl sites for hydroxylation is 1. The number of rotatable bonds is 2. The van der Waals surface area contributed by atoms with Crippen molar-refractivity contribution in [2.45, 2.75) is 19.4 Å². The Bertz CT molecular complexity index is 829. The summed E-state index contributed by atoms with van der Waals surface area (Å²) in [5.74, 6) is 0. The van der Waals surface area contributed by atoms with Gasteiger partial charge in [0.05, 0.1) is 5.52 Å². The van der Waals surface area contributed by atoms with Crippen LogP contribution in [-0.2, 0) is 13.0 Å². The van der Waals surface area contributed by atoms with Crippen LogP contribution in [0.4, 0.5) is 5.69 Å². The van der Waals surface area contributed by atoms with E-state index in [0.717, 1.165) is 29.0 Å². The lowest BCUT2D eigenvalue weighted by Gasteiger charge is -2.31. The lowest BCUT2D eigenvalue weighted by Crippen LogP contribution is -2.28. The topological polar surface area (TPSA) is 16.1 Å². The van der Waals surface area contributed by atoms with Gasteiger partial charge in [0.2, 0.25) is 0 Å². The molecule has 2 heterocycles. The highest BCUT2D eigenvalue weighted by molar-refractivity contribution is 6.31. The van der Waals surface area contributed by atoms with Crippen molar-refractivity contribution >= 4 is 28.2 Å². The fourth-order valence-electron chi connectivity index (χ4n) is 3.33. The van der Waals surface area contributed by atoms with E-state index in [1.165, 1.54) is 29.7 Å². The average molecular weight is 309 g/mol. The van der Waals surface area contributed by atoms with Crippen molar-refractivity contribution < 1.29 is 0 Å². The zero-order valence-electron chi connectivity index (χ0n) is 12.3. The standard InChI is InChI=1S/C19H17ClN2/c20-17-11-15-6-3-9-21-19(15)16(12-17)13-22-10-4-7-14-5-1-2-8-18(14)22/h1-3,5-6,8-9,11-12H,4,7,10,13H2. The normalized spacial score (nSPS) is 14.1. The zero-order valence-corrected chi connectivity index (χ0v) is 13.1. The van der Waals surface area contributed by atoms with Crippen molar-refractivity contribution in [1.29, 1.82) is 0 Å². The zero-order chi connectivity index (χ0) is 14.9. The Morgan fingerprint density at radius 3 is 2.95 bits per heavy atom. The number of benzene rings is 2. The minimum absolute atomic E-state index is 0.779. The number of hydrogen-bond donors (Lipinski definition) is 0. The van der Waals surface area contributed by atoms with E-state index in [-0.39, 0.29) is 0 Å². The molecule has 0 N–H and O–H groups in total. The summed E-state index contributed by atoms with van der Waals surface area (Å²) in [6.07, 6.45) is 4.22. The molecule has 3 heteroatoms. The summed E-state index contributed by atoms with van der Waals surface area (Å²) in [6, 6.07) is 16.8. The predicted molar refractivity (Wildman–Crippen MR) is 92.6 cm³/mol. The third-order valence-electron chi connectivity index (χ3n) is 4.32. The van der Waals surface area contributed by atoms with Crippen molar-refractivity contribution in [3.05, 3.63) is 70.9 Å². The summed E-state index contributed by atoms with van der Waals surface area (Å²) in [5, 5.41) is 1.89. The van der Waals surface area contributed by atoms with Crippen LogP contribution in [0, 0.1) is 0 Å². The van der Waals surface area contributed by atoms with Gasteiger partial charge in [0, 0.05) is 35.4 Å². The quantitative estimate of drug-likeness (QED) is 0.673. The molecule has 0 saturated heterocycles. The van der Waals surface area contributed by atoms with Gasteiger partial charge in [-0.25, -0.2) is 0 Å². The van der Waals surface area contributed by atoms with E-state index in [1.807, 2.05) is 24.4 Å².